The Morgan fingerprint density at radius 1 is 0.943 bits per heavy atom. The minimum absolute atomic E-state index is 0.0523. The standard InChI is InChI=1S/C27H22IN3O3S/c28-24-9-5-4-8-23(24)27(32)30-26(20-6-2-1-3-7-20)16-25(29(30)17-19-14-15-35-18-19)21-10-12-22(13-11-21)31(33)34/h1-15,18,25-26H,16-17H2/t25-,26+/m1/s1. The van der Waals surface area contributed by atoms with Gasteiger partial charge in [0.05, 0.1) is 22.6 Å². The number of nitro benzene ring substituents is 1. The monoisotopic (exact) mass is 595 g/mol. The summed E-state index contributed by atoms with van der Waals surface area (Å²) in [5.41, 5.74) is 3.85. The molecule has 2 heterocycles. The smallest absolute Gasteiger partial charge is 0.268 e. The van der Waals surface area contributed by atoms with Crippen LogP contribution in [0.15, 0.2) is 95.7 Å². The van der Waals surface area contributed by atoms with Gasteiger partial charge in [-0.1, -0.05) is 54.6 Å². The molecule has 8 heteroatoms. The zero-order valence-corrected chi connectivity index (χ0v) is 21.6. The number of rotatable bonds is 6. The van der Waals surface area contributed by atoms with E-state index in [0.717, 1.165) is 20.3 Å². The number of thiophene rings is 1. The topological polar surface area (TPSA) is 66.7 Å². The first-order valence-corrected chi connectivity index (χ1v) is 13.2. The van der Waals surface area contributed by atoms with Crippen LogP contribution in [0, 0.1) is 13.7 Å². The minimum Gasteiger partial charge on any atom is -0.268 e. The van der Waals surface area contributed by atoms with E-state index in [1.807, 2.05) is 65.0 Å². The molecule has 2 atom stereocenters. The maximum Gasteiger partial charge on any atom is 0.269 e. The van der Waals surface area contributed by atoms with E-state index in [2.05, 4.69) is 51.2 Å². The molecule has 0 saturated carbocycles. The van der Waals surface area contributed by atoms with E-state index in [4.69, 9.17) is 0 Å². The second-order valence-electron chi connectivity index (χ2n) is 8.39. The van der Waals surface area contributed by atoms with E-state index in [-0.39, 0.29) is 28.6 Å². The number of nitrogens with zero attached hydrogens (tertiary/aromatic N) is 3. The molecule has 0 bridgehead atoms. The largest absolute Gasteiger partial charge is 0.269 e. The van der Waals surface area contributed by atoms with Gasteiger partial charge in [-0.3, -0.25) is 19.9 Å². The summed E-state index contributed by atoms with van der Waals surface area (Å²) in [4.78, 5) is 24.9. The van der Waals surface area contributed by atoms with Crippen molar-refractivity contribution in [1.82, 2.24) is 10.0 Å². The van der Waals surface area contributed by atoms with Crippen LogP contribution in [-0.2, 0) is 6.54 Å². The molecule has 35 heavy (non-hydrogen) atoms. The van der Waals surface area contributed by atoms with E-state index < -0.39 is 0 Å². The highest BCUT2D eigenvalue weighted by Gasteiger charge is 2.44. The van der Waals surface area contributed by atoms with Crippen LogP contribution in [0.2, 0.25) is 0 Å². The fourth-order valence-corrected chi connectivity index (χ4v) is 5.89. The summed E-state index contributed by atoms with van der Waals surface area (Å²) >= 11 is 3.84. The Hall–Kier alpha value is -3.08. The molecular formula is C27H22IN3O3S. The van der Waals surface area contributed by atoms with E-state index in [1.54, 1.807) is 23.5 Å². The van der Waals surface area contributed by atoms with Gasteiger partial charge in [-0.15, -0.1) is 0 Å². The van der Waals surface area contributed by atoms with Crippen molar-refractivity contribution >= 4 is 45.5 Å². The Balaban J connectivity index is 1.62. The first-order valence-electron chi connectivity index (χ1n) is 11.2. The van der Waals surface area contributed by atoms with Crippen molar-refractivity contribution in [2.45, 2.75) is 25.0 Å². The summed E-state index contributed by atoms with van der Waals surface area (Å²) in [6.07, 6.45) is 0.682. The minimum atomic E-state index is -0.387. The van der Waals surface area contributed by atoms with Crippen molar-refractivity contribution in [3.05, 3.63) is 132 Å². The van der Waals surface area contributed by atoms with Gasteiger partial charge in [0.25, 0.3) is 11.6 Å². The molecule has 0 radical (unpaired) electrons. The molecule has 1 amide bonds. The lowest BCUT2D eigenvalue weighted by molar-refractivity contribution is -0.384. The summed E-state index contributed by atoms with van der Waals surface area (Å²) in [5, 5.41) is 19.4. The Kier molecular flexibility index (Phi) is 6.94. The molecule has 0 spiro atoms. The fourth-order valence-electron chi connectivity index (χ4n) is 4.61. The van der Waals surface area contributed by atoms with Gasteiger partial charge in [0, 0.05) is 22.2 Å². The van der Waals surface area contributed by atoms with Gasteiger partial charge in [0.1, 0.15) is 0 Å². The number of hydrogen-bond donors (Lipinski definition) is 0. The van der Waals surface area contributed by atoms with Gasteiger partial charge in [-0.2, -0.15) is 11.3 Å². The summed E-state index contributed by atoms with van der Waals surface area (Å²) in [6, 6.07) is 26.2. The SMILES string of the molecule is O=C(c1ccccc1I)N1[C@H](c2ccccc2)C[C@H](c2ccc([N+](=O)[O-])cc2)N1Cc1ccsc1. The number of benzene rings is 3. The molecule has 1 aliphatic rings. The third-order valence-electron chi connectivity index (χ3n) is 6.29. The van der Waals surface area contributed by atoms with Crippen LogP contribution in [0.3, 0.4) is 0 Å². The van der Waals surface area contributed by atoms with Gasteiger partial charge < -0.3 is 0 Å². The van der Waals surface area contributed by atoms with Crippen molar-refractivity contribution in [2.24, 2.45) is 0 Å². The van der Waals surface area contributed by atoms with E-state index in [9.17, 15) is 14.9 Å². The molecule has 4 aromatic rings. The third kappa shape index (κ3) is 4.86. The van der Waals surface area contributed by atoms with Crippen LogP contribution in [0.5, 0.6) is 0 Å². The zero-order valence-electron chi connectivity index (χ0n) is 18.7. The van der Waals surface area contributed by atoms with Crippen LogP contribution >= 0.6 is 33.9 Å². The quantitative estimate of drug-likeness (QED) is 0.137. The molecule has 0 N–H and O–H groups in total. The average Bonchev–Trinajstić information content (AvgIpc) is 3.53. The average molecular weight is 595 g/mol. The third-order valence-corrected chi connectivity index (χ3v) is 7.96. The fraction of sp³-hybridized carbons (Fsp3) is 0.148. The zero-order chi connectivity index (χ0) is 24.4. The lowest BCUT2D eigenvalue weighted by Gasteiger charge is -2.35. The Morgan fingerprint density at radius 3 is 2.29 bits per heavy atom. The van der Waals surface area contributed by atoms with Crippen molar-refractivity contribution < 1.29 is 9.72 Å². The number of hydrogen-bond acceptors (Lipinski definition) is 5. The molecular weight excluding hydrogens is 573 g/mol. The number of hydrazine groups is 1. The molecule has 6 nitrogen and oxygen atoms in total. The highest BCUT2D eigenvalue weighted by Crippen LogP contribution is 2.46. The highest BCUT2D eigenvalue weighted by molar-refractivity contribution is 14.1. The summed E-state index contributed by atoms with van der Waals surface area (Å²) < 4.78 is 0.899. The Labute approximate surface area is 221 Å². The number of carbonyl (C=O) groups is 1. The lowest BCUT2D eigenvalue weighted by atomic mass is 9.96. The van der Waals surface area contributed by atoms with Gasteiger partial charge >= 0.3 is 0 Å². The number of non-ortho nitro benzene ring substituents is 1. The van der Waals surface area contributed by atoms with Crippen molar-refractivity contribution in [3.63, 3.8) is 0 Å². The van der Waals surface area contributed by atoms with Gasteiger partial charge in [0.15, 0.2) is 0 Å². The Bertz CT molecular complexity index is 1330. The molecule has 1 fully saturated rings. The predicted octanol–water partition coefficient (Wildman–Crippen LogP) is 7.01. The number of amides is 1. The van der Waals surface area contributed by atoms with Crippen molar-refractivity contribution in [3.8, 4) is 0 Å². The molecule has 3 aromatic carbocycles. The molecule has 1 aliphatic heterocycles. The molecule has 0 unspecified atom stereocenters. The van der Waals surface area contributed by atoms with Crippen LogP contribution in [-0.4, -0.2) is 20.8 Å². The second kappa shape index (κ2) is 10.3. The number of nitro groups is 1. The van der Waals surface area contributed by atoms with Gasteiger partial charge in [-0.25, -0.2) is 5.01 Å². The van der Waals surface area contributed by atoms with Gasteiger partial charge in [-0.05, 0) is 74.7 Å². The van der Waals surface area contributed by atoms with E-state index >= 15 is 0 Å². The van der Waals surface area contributed by atoms with E-state index in [1.165, 1.54) is 0 Å². The normalized spacial score (nSPS) is 18.0. The molecule has 5 rings (SSSR count). The van der Waals surface area contributed by atoms with Crippen molar-refractivity contribution in [2.75, 3.05) is 0 Å². The molecule has 176 valence electrons. The summed E-state index contributed by atoms with van der Waals surface area (Å²) in [6.45, 7) is 0.559. The Morgan fingerprint density at radius 2 is 1.63 bits per heavy atom. The first kappa shape index (κ1) is 23.7. The summed E-state index contributed by atoms with van der Waals surface area (Å²) in [7, 11) is 0. The molecule has 1 saturated heterocycles. The van der Waals surface area contributed by atoms with Crippen molar-refractivity contribution in [1.29, 1.82) is 0 Å². The number of carbonyl (C=O) groups excluding carboxylic acids is 1. The maximum atomic E-state index is 14.1. The van der Waals surface area contributed by atoms with E-state index in [0.29, 0.717) is 18.5 Å². The predicted molar refractivity (Wildman–Crippen MR) is 145 cm³/mol. The maximum absolute atomic E-state index is 14.1. The van der Waals surface area contributed by atoms with Crippen LogP contribution < -0.4 is 0 Å². The molecule has 0 aliphatic carbocycles. The first-order chi connectivity index (χ1) is 17.0. The second-order valence-corrected chi connectivity index (χ2v) is 10.3. The highest BCUT2D eigenvalue weighted by atomic mass is 127. The van der Waals surface area contributed by atoms with Crippen LogP contribution in [0.4, 0.5) is 5.69 Å². The molecule has 1 aromatic heterocycles. The van der Waals surface area contributed by atoms with Gasteiger partial charge in [0.2, 0.25) is 0 Å². The van der Waals surface area contributed by atoms with Crippen LogP contribution in [0.25, 0.3) is 0 Å². The number of halogens is 1. The summed E-state index contributed by atoms with van der Waals surface area (Å²) in [5.74, 6) is -0.0523. The van der Waals surface area contributed by atoms with Crippen LogP contribution in [0.1, 0.15) is 45.6 Å². The lowest BCUT2D eigenvalue weighted by Crippen LogP contribution is -2.43.